The molecule has 0 unspecified atom stereocenters. The number of unbranched alkanes of at least 4 members (excludes halogenated alkanes) is 5. The molecular weight excluding hydrogens is 234 g/mol. The molecule has 0 spiro atoms. The van der Waals surface area contributed by atoms with Crippen LogP contribution in [0.1, 0.15) is 64.0 Å². The first kappa shape index (κ1) is 16.0. The van der Waals surface area contributed by atoms with E-state index >= 15 is 0 Å². The van der Waals surface area contributed by atoms with Crippen molar-refractivity contribution in [2.24, 2.45) is 0 Å². The van der Waals surface area contributed by atoms with E-state index in [0.29, 0.717) is 6.04 Å². The Labute approximate surface area is 118 Å². The van der Waals surface area contributed by atoms with Crippen molar-refractivity contribution in [3.05, 3.63) is 29.8 Å². The van der Waals surface area contributed by atoms with E-state index in [-0.39, 0.29) is 0 Å². The summed E-state index contributed by atoms with van der Waals surface area (Å²) < 4.78 is 5.26. The Balaban J connectivity index is 2.18. The minimum Gasteiger partial charge on any atom is -0.497 e. The van der Waals surface area contributed by atoms with Gasteiger partial charge in [-0.3, -0.25) is 0 Å². The number of ether oxygens (including phenoxy) is 1. The summed E-state index contributed by atoms with van der Waals surface area (Å²) in [6, 6.07) is 8.70. The molecule has 2 heteroatoms. The third-order valence-corrected chi connectivity index (χ3v) is 3.57. The standard InChI is InChI=1S/C17H29NO/c1-4-5-6-7-8-9-13-18-15(2)16-11-10-12-17(14-16)19-3/h10-12,14-15,18H,4-9,13H2,1-3H3/t15-/m0/s1. The van der Waals surface area contributed by atoms with Gasteiger partial charge in [0.2, 0.25) is 0 Å². The van der Waals surface area contributed by atoms with Crippen LogP contribution in [0.15, 0.2) is 24.3 Å². The van der Waals surface area contributed by atoms with Crippen molar-refractivity contribution in [2.45, 2.75) is 58.4 Å². The van der Waals surface area contributed by atoms with Crippen molar-refractivity contribution in [3.63, 3.8) is 0 Å². The average Bonchev–Trinajstić information content (AvgIpc) is 2.46. The highest BCUT2D eigenvalue weighted by atomic mass is 16.5. The first-order chi connectivity index (χ1) is 9.27. The number of hydrogen-bond acceptors (Lipinski definition) is 2. The highest BCUT2D eigenvalue weighted by Crippen LogP contribution is 2.18. The second-order valence-corrected chi connectivity index (χ2v) is 5.22. The normalized spacial score (nSPS) is 12.4. The van der Waals surface area contributed by atoms with Gasteiger partial charge in [-0.2, -0.15) is 0 Å². The molecule has 0 amide bonds. The van der Waals surface area contributed by atoms with E-state index in [0.717, 1.165) is 12.3 Å². The van der Waals surface area contributed by atoms with Crippen molar-refractivity contribution in [1.29, 1.82) is 0 Å². The highest BCUT2D eigenvalue weighted by Gasteiger charge is 2.05. The summed E-state index contributed by atoms with van der Waals surface area (Å²) in [6.45, 7) is 5.58. The van der Waals surface area contributed by atoms with Gasteiger partial charge in [-0.05, 0) is 37.6 Å². The Morgan fingerprint density at radius 1 is 1.11 bits per heavy atom. The molecule has 19 heavy (non-hydrogen) atoms. The van der Waals surface area contributed by atoms with Crippen LogP contribution < -0.4 is 10.1 Å². The molecule has 0 radical (unpaired) electrons. The summed E-state index contributed by atoms with van der Waals surface area (Å²) in [6.07, 6.45) is 8.10. The fraction of sp³-hybridized carbons (Fsp3) is 0.647. The van der Waals surface area contributed by atoms with E-state index in [1.165, 1.54) is 44.1 Å². The zero-order valence-corrected chi connectivity index (χ0v) is 12.7. The predicted octanol–water partition coefficient (Wildman–Crippen LogP) is 4.71. The summed E-state index contributed by atoms with van der Waals surface area (Å²) in [7, 11) is 1.72. The summed E-state index contributed by atoms with van der Waals surface area (Å²) in [4.78, 5) is 0. The molecule has 1 aromatic rings. The van der Waals surface area contributed by atoms with E-state index in [1.807, 2.05) is 6.07 Å². The largest absolute Gasteiger partial charge is 0.497 e. The smallest absolute Gasteiger partial charge is 0.119 e. The molecule has 0 aromatic heterocycles. The van der Waals surface area contributed by atoms with Crippen LogP contribution >= 0.6 is 0 Å². The molecule has 108 valence electrons. The molecule has 0 aliphatic carbocycles. The maximum Gasteiger partial charge on any atom is 0.119 e. The van der Waals surface area contributed by atoms with Crippen LogP contribution in [0.25, 0.3) is 0 Å². The number of nitrogens with one attached hydrogen (secondary N) is 1. The van der Waals surface area contributed by atoms with Crippen molar-refractivity contribution >= 4 is 0 Å². The van der Waals surface area contributed by atoms with Crippen LogP contribution in [0.4, 0.5) is 0 Å². The molecule has 0 heterocycles. The van der Waals surface area contributed by atoms with Crippen LogP contribution in [0.2, 0.25) is 0 Å². The summed E-state index contributed by atoms with van der Waals surface area (Å²) in [5, 5.41) is 3.59. The molecule has 1 N–H and O–H groups in total. The first-order valence-corrected chi connectivity index (χ1v) is 7.65. The molecule has 2 nitrogen and oxygen atoms in total. The maximum absolute atomic E-state index is 5.26. The third-order valence-electron chi connectivity index (χ3n) is 3.57. The summed E-state index contributed by atoms with van der Waals surface area (Å²) in [5.74, 6) is 0.936. The number of benzene rings is 1. The van der Waals surface area contributed by atoms with Crippen LogP contribution in [0.3, 0.4) is 0 Å². The van der Waals surface area contributed by atoms with Crippen LogP contribution in [0.5, 0.6) is 5.75 Å². The molecule has 1 atom stereocenters. The van der Waals surface area contributed by atoms with E-state index in [2.05, 4.69) is 37.4 Å². The lowest BCUT2D eigenvalue weighted by Crippen LogP contribution is -2.19. The maximum atomic E-state index is 5.26. The van der Waals surface area contributed by atoms with Gasteiger partial charge in [-0.15, -0.1) is 0 Å². The molecule has 0 bridgehead atoms. The van der Waals surface area contributed by atoms with Gasteiger partial charge in [0.15, 0.2) is 0 Å². The first-order valence-electron chi connectivity index (χ1n) is 7.65. The predicted molar refractivity (Wildman–Crippen MR) is 82.8 cm³/mol. The fourth-order valence-electron chi connectivity index (χ4n) is 2.25. The number of methoxy groups -OCH3 is 1. The van der Waals surface area contributed by atoms with Gasteiger partial charge >= 0.3 is 0 Å². The second kappa shape index (κ2) is 9.85. The van der Waals surface area contributed by atoms with Gasteiger partial charge in [0.25, 0.3) is 0 Å². The molecular formula is C17H29NO. The van der Waals surface area contributed by atoms with Gasteiger partial charge in [0, 0.05) is 6.04 Å². The van der Waals surface area contributed by atoms with Gasteiger partial charge < -0.3 is 10.1 Å². The molecule has 0 saturated heterocycles. The number of hydrogen-bond donors (Lipinski definition) is 1. The van der Waals surface area contributed by atoms with Crippen molar-refractivity contribution in [3.8, 4) is 5.75 Å². The molecule has 0 fully saturated rings. The van der Waals surface area contributed by atoms with E-state index in [4.69, 9.17) is 4.74 Å². The lowest BCUT2D eigenvalue weighted by Gasteiger charge is -2.15. The average molecular weight is 263 g/mol. The second-order valence-electron chi connectivity index (χ2n) is 5.22. The monoisotopic (exact) mass is 263 g/mol. The zero-order chi connectivity index (χ0) is 13.9. The Morgan fingerprint density at radius 2 is 1.84 bits per heavy atom. The fourth-order valence-corrected chi connectivity index (χ4v) is 2.25. The Kier molecular flexibility index (Phi) is 8.31. The topological polar surface area (TPSA) is 21.3 Å². The minimum atomic E-state index is 0.394. The SMILES string of the molecule is CCCCCCCCN[C@@H](C)c1cccc(OC)c1. The van der Waals surface area contributed by atoms with Crippen molar-refractivity contribution in [2.75, 3.05) is 13.7 Å². The minimum absolute atomic E-state index is 0.394. The number of rotatable bonds is 10. The molecule has 0 aliphatic heterocycles. The van der Waals surface area contributed by atoms with E-state index in [9.17, 15) is 0 Å². The molecule has 0 saturated carbocycles. The van der Waals surface area contributed by atoms with Crippen LogP contribution in [0, 0.1) is 0 Å². The van der Waals surface area contributed by atoms with Crippen LogP contribution in [-0.4, -0.2) is 13.7 Å². The van der Waals surface area contributed by atoms with Gasteiger partial charge in [0.1, 0.15) is 5.75 Å². The van der Waals surface area contributed by atoms with Gasteiger partial charge in [0.05, 0.1) is 7.11 Å². The third kappa shape index (κ3) is 6.63. The van der Waals surface area contributed by atoms with Gasteiger partial charge in [-0.1, -0.05) is 51.2 Å². The lowest BCUT2D eigenvalue weighted by molar-refractivity contribution is 0.413. The quantitative estimate of drug-likeness (QED) is 0.617. The highest BCUT2D eigenvalue weighted by molar-refractivity contribution is 5.30. The Hall–Kier alpha value is -1.02. The molecule has 0 aliphatic rings. The summed E-state index contributed by atoms with van der Waals surface area (Å²) >= 11 is 0. The van der Waals surface area contributed by atoms with Crippen LogP contribution in [-0.2, 0) is 0 Å². The van der Waals surface area contributed by atoms with E-state index < -0.39 is 0 Å². The van der Waals surface area contributed by atoms with Gasteiger partial charge in [-0.25, -0.2) is 0 Å². The van der Waals surface area contributed by atoms with Crippen molar-refractivity contribution in [1.82, 2.24) is 5.32 Å². The van der Waals surface area contributed by atoms with E-state index in [1.54, 1.807) is 7.11 Å². The van der Waals surface area contributed by atoms with Crippen molar-refractivity contribution < 1.29 is 4.74 Å². The molecule has 1 aromatic carbocycles. The zero-order valence-electron chi connectivity index (χ0n) is 12.7. The Morgan fingerprint density at radius 3 is 2.58 bits per heavy atom. The molecule has 1 rings (SSSR count). The summed E-state index contributed by atoms with van der Waals surface area (Å²) in [5.41, 5.74) is 1.30. The lowest BCUT2D eigenvalue weighted by atomic mass is 10.1. The Bertz CT molecular complexity index is 338.